The van der Waals surface area contributed by atoms with E-state index in [4.69, 9.17) is 28.3 Å². The maximum Gasteiger partial charge on any atom is 0.305 e. The molecule has 0 radical (unpaired) electrons. The number of pyridine rings is 2. The Hall–Kier alpha value is -1.72. The number of hydrogen-bond donors (Lipinski definition) is 3. The standard InChI is InChI=1S/C12H13ClN2O3.C11H15ClN2O.2H2S/c1-18-11(17)5-3-8-9(16)6-7-2-4-10(13)15-12(7)14-8;12-10-6-4-8-3-5-9(2-1-7-15)13-11(8)14-10;;/h2,4,8H,3,5-6H2,1H3,(H,14,15);4,6,9,15H,1-3,5,7H2,(H,13,14);2*1H2/t8-;9-;;/m00../s1. The Balaban J connectivity index is 0.000000336. The Labute approximate surface area is 229 Å². The number of ketones is 1. The van der Waals surface area contributed by atoms with Crippen LogP contribution in [0.15, 0.2) is 24.3 Å². The van der Waals surface area contributed by atoms with E-state index in [1.165, 1.54) is 12.7 Å². The minimum absolute atomic E-state index is 0. The van der Waals surface area contributed by atoms with Crippen LogP contribution in [0.25, 0.3) is 0 Å². The van der Waals surface area contributed by atoms with E-state index in [0.29, 0.717) is 35.0 Å². The number of aromatic nitrogens is 2. The van der Waals surface area contributed by atoms with Crippen molar-refractivity contribution in [1.29, 1.82) is 0 Å². The third-order valence-electron chi connectivity index (χ3n) is 5.63. The molecule has 4 heterocycles. The Morgan fingerprint density at radius 2 is 1.69 bits per heavy atom. The van der Waals surface area contributed by atoms with E-state index in [0.717, 1.165) is 37.1 Å². The Morgan fingerprint density at radius 3 is 2.31 bits per heavy atom. The molecule has 8 nitrogen and oxygen atoms in total. The Bertz CT molecular complexity index is 1000. The van der Waals surface area contributed by atoms with Gasteiger partial charge in [0, 0.05) is 31.1 Å². The number of hydrogen-bond acceptors (Lipinski definition) is 8. The number of methoxy groups -OCH3 is 1. The molecule has 0 aromatic carbocycles. The van der Waals surface area contributed by atoms with Crippen molar-refractivity contribution >= 4 is 73.6 Å². The van der Waals surface area contributed by atoms with Crippen molar-refractivity contribution < 1.29 is 19.4 Å². The molecule has 12 heteroatoms. The summed E-state index contributed by atoms with van der Waals surface area (Å²) in [6.07, 6.45) is 4.91. The highest BCUT2D eigenvalue weighted by Gasteiger charge is 2.27. The van der Waals surface area contributed by atoms with Gasteiger partial charge in [-0.25, -0.2) is 9.97 Å². The number of halogens is 2. The third kappa shape index (κ3) is 9.34. The Morgan fingerprint density at radius 1 is 1.06 bits per heavy atom. The normalized spacial score (nSPS) is 17.5. The number of aliphatic hydroxyl groups excluding tert-OH is 1. The van der Waals surface area contributed by atoms with Crippen molar-refractivity contribution in [1.82, 2.24) is 9.97 Å². The zero-order chi connectivity index (χ0) is 23.8. The molecule has 3 N–H and O–H groups in total. The number of nitrogens with one attached hydrogen (secondary N) is 2. The van der Waals surface area contributed by atoms with Crippen molar-refractivity contribution in [2.24, 2.45) is 0 Å². The molecule has 0 amide bonds. The van der Waals surface area contributed by atoms with Gasteiger partial charge in [0.05, 0.1) is 13.2 Å². The molecule has 0 saturated carbocycles. The van der Waals surface area contributed by atoms with Gasteiger partial charge in [-0.05, 0) is 49.8 Å². The van der Waals surface area contributed by atoms with Crippen LogP contribution in [0.1, 0.15) is 43.2 Å². The fourth-order valence-electron chi connectivity index (χ4n) is 3.83. The number of carbonyl (C=O) groups excluding carboxylic acids is 2. The number of anilines is 2. The number of aryl methyl sites for hydroxylation is 1. The topological polar surface area (TPSA) is 113 Å². The predicted octanol–water partition coefficient (Wildman–Crippen LogP) is 4.05. The summed E-state index contributed by atoms with van der Waals surface area (Å²) in [4.78, 5) is 31.3. The molecule has 2 aromatic heterocycles. The molecule has 0 saturated heterocycles. The molecule has 2 atom stereocenters. The number of fused-ring (bicyclic) bond motifs is 2. The maximum absolute atomic E-state index is 11.9. The molecule has 0 spiro atoms. The van der Waals surface area contributed by atoms with E-state index < -0.39 is 6.04 Å². The van der Waals surface area contributed by atoms with Crippen LogP contribution in [0.4, 0.5) is 11.6 Å². The van der Waals surface area contributed by atoms with Gasteiger partial charge in [-0.15, -0.1) is 0 Å². The highest BCUT2D eigenvalue weighted by atomic mass is 35.5. The van der Waals surface area contributed by atoms with Gasteiger partial charge in [0.25, 0.3) is 0 Å². The van der Waals surface area contributed by atoms with Gasteiger partial charge < -0.3 is 20.5 Å². The molecule has 0 bridgehead atoms. The van der Waals surface area contributed by atoms with Crippen LogP contribution < -0.4 is 10.6 Å². The molecule has 4 rings (SSSR count). The number of ether oxygens (including phenoxy) is 1. The lowest BCUT2D eigenvalue weighted by atomic mass is 9.96. The summed E-state index contributed by atoms with van der Waals surface area (Å²) in [7, 11) is 1.33. The first-order chi connectivity index (χ1) is 15.9. The van der Waals surface area contributed by atoms with Gasteiger partial charge in [0.1, 0.15) is 21.9 Å². The lowest BCUT2D eigenvalue weighted by molar-refractivity contribution is -0.140. The van der Waals surface area contributed by atoms with Crippen LogP contribution in [0, 0.1) is 0 Å². The van der Waals surface area contributed by atoms with Crippen molar-refractivity contribution in [3.8, 4) is 0 Å². The summed E-state index contributed by atoms with van der Waals surface area (Å²) in [6, 6.07) is 7.32. The number of rotatable bonds is 6. The number of nitrogens with zero attached hydrogens (tertiary/aromatic N) is 2. The summed E-state index contributed by atoms with van der Waals surface area (Å²) in [6.45, 7) is 0.258. The first-order valence-electron chi connectivity index (χ1n) is 10.9. The average molecular weight is 564 g/mol. The van der Waals surface area contributed by atoms with Gasteiger partial charge in [-0.3, -0.25) is 9.59 Å². The quantitative estimate of drug-likeness (QED) is 0.357. The van der Waals surface area contributed by atoms with Gasteiger partial charge in [-0.2, -0.15) is 27.0 Å². The second kappa shape index (κ2) is 15.4. The van der Waals surface area contributed by atoms with Crippen LogP contribution in [-0.2, 0) is 27.2 Å². The second-order valence-corrected chi connectivity index (χ2v) is 8.76. The zero-order valence-electron chi connectivity index (χ0n) is 19.4. The van der Waals surface area contributed by atoms with E-state index in [-0.39, 0.29) is 51.8 Å². The average Bonchev–Trinajstić information content (AvgIpc) is 2.81. The lowest BCUT2D eigenvalue weighted by Crippen LogP contribution is -2.36. The number of aliphatic hydroxyl groups is 1. The first kappa shape index (κ1) is 31.3. The van der Waals surface area contributed by atoms with Crippen LogP contribution in [0.5, 0.6) is 0 Å². The monoisotopic (exact) mass is 562 g/mol. The fourth-order valence-corrected chi connectivity index (χ4v) is 4.12. The largest absolute Gasteiger partial charge is 0.469 e. The third-order valence-corrected chi connectivity index (χ3v) is 6.05. The van der Waals surface area contributed by atoms with Crippen LogP contribution in [0.3, 0.4) is 0 Å². The predicted molar refractivity (Wildman–Crippen MR) is 149 cm³/mol. The van der Waals surface area contributed by atoms with Crippen LogP contribution >= 0.6 is 50.2 Å². The molecule has 2 aliphatic rings. The molecule has 0 fully saturated rings. The minimum atomic E-state index is -0.400. The van der Waals surface area contributed by atoms with Crippen molar-refractivity contribution in [3.63, 3.8) is 0 Å². The molecule has 194 valence electrons. The van der Waals surface area contributed by atoms with Gasteiger partial charge in [0.2, 0.25) is 0 Å². The number of carbonyl (C=O) groups is 2. The van der Waals surface area contributed by atoms with E-state index in [1.54, 1.807) is 12.1 Å². The molecule has 35 heavy (non-hydrogen) atoms. The molecular weight excluding hydrogens is 531 g/mol. The van der Waals surface area contributed by atoms with Crippen molar-refractivity contribution in [2.75, 3.05) is 24.4 Å². The summed E-state index contributed by atoms with van der Waals surface area (Å²) in [5.41, 5.74) is 2.07. The number of Topliss-reactive ketones (excluding diaryl/α,β-unsaturated/α-hetero) is 1. The highest BCUT2D eigenvalue weighted by Crippen LogP contribution is 2.26. The highest BCUT2D eigenvalue weighted by molar-refractivity contribution is 7.59. The zero-order valence-corrected chi connectivity index (χ0v) is 23.0. The van der Waals surface area contributed by atoms with E-state index in [1.807, 2.05) is 12.1 Å². The molecule has 0 aliphatic carbocycles. The fraction of sp³-hybridized carbons (Fsp3) is 0.478. The Kier molecular flexibility index (Phi) is 13.8. The van der Waals surface area contributed by atoms with E-state index >= 15 is 0 Å². The van der Waals surface area contributed by atoms with Gasteiger partial charge in [-0.1, -0.05) is 35.3 Å². The van der Waals surface area contributed by atoms with Gasteiger partial charge >= 0.3 is 5.97 Å². The number of esters is 1. The second-order valence-electron chi connectivity index (χ2n) is 7.98. The summed E-state index contributed by atoms with van der Waals surface area (Å²) in [5, 5.41) is 16.1. The van der Waals surface area contributed by atoms with E-state index in [9.17, 15) is 9.59 Å². The first-order valence-corrected chi connectivity index (χ1v) is 11.7. The molecule has 2 aromatic rings. The molecular formula is C23H32Cl2N4O4S2. The summed E-state index contributed by atoms with van der Waals surface area (Å²) < 4.78 is 4.55. The summed E-state index contributed by atoms with van der Waals surface area (Å²) in [5.74, 6) is 1.26. The van der Waals surface area contributed by atoms with Crippen LogP contribution in [-0.4, -0.2) is 52.6 Å². The molecule has 0 unspecified atom stereocenters. The van der Waals surface area contributed by atoms with E-state index in [2.05, 4.69) is 25.3 Å². The SMILES string of the molecule is COC(=O)CC[C@@H]1Nc2nc(Cl)ccc2CC1=O.OCCC[C@H]1CCc2ccc(Cl)nc2N1.S.S. The maximum atomic E-state index is 11.9. The van der Waals surface area contributed by atoms with Crippen molar-refractivity contribution in [2.45, 2.75) is 57.0 Å². The van der Waals surface area contributed by atoms with Crippen LogP contribution in [0.2, 0.25) is 10.3 Å². The van der Waals surface area contributed by atoms with Gasteiger partial charge in [0.15, 0.2) is 5.78 Å². The summed E-state index contributed by atoms with van der Waals surface area (Å²) >= 11 is 11.6. The molecule has 2 aliphatic heterocycles. The van der Waals surface area contributed by atoms with Crippen molar-refractivity contribution in [3.05, 3.63) is 45.7 Å². The smallest absolute Gasteiger partial charge is 0.305 e. The lowest BCUT2D eigenvalue weighted by Gasteiger charge is -2.25. The minimum Gasteiger partial charge on any atom is -0.469 e.